The maximum Gasteiger partial charge on any atom is 0.255 e. The number of likely N-dealkylation sites (tertiary alicyclic amines) is 1. The number of amides is 1. The number of β-amino-alcohol motifs (C(OH)–C–C–N with tert-alkyl or cyclic N) is 1. The Kier molecular flexibility index (Phi) is 10.4. The van der Waals surface area contributed by atoms with Crippen LogP contribution in [0.1, 0.15) is 48.7 Å². The smallest absolute Gasteiger partial charge is 0.255 e. The predicted molar refractivity (Wildman–Crippen MR) is 193 cm³/mol. The predicted octanol–water partition coefficient (Wildman–Crippen LogP) is 3.18. The van der Waals surface area contributed by atoms with Crippen LogP contribution in [0, 0.1) is 0 Å². The van der Waals surface area contributed by atoms with E-state index in [1.165, 1.54) is 11.1 Å². The summed E-state index contributed by atoms with van der Waals surface area (Å²) in [5.74, 6) is -0.0616. The number of pyridine rings is 1. The molecule has 1 aliphatic carbocycles. The molecule has 11 heteroatoms. The normalized spacial score (nSPS) is 23.9. The molecule has 262 valence electrons. The number of nitrogens with one attached hydrogen (secondary N) is 1. The van der Waals surface area contributed by atoms with Gasteiger partial charge < -0.3 is 25.8 Å². The summed E-state index contributed by atoms with van der Waals surface area (Å²) in [5.41, 5.74) is 11.8. The van der Waals surface area contributed by atoms with Crippen molar-refractivity contribution in [1.29, 1.82) is 0 Å². The molecule has 0 radical (unpaired) electrons. The van der Waals surface area contributed by atoms with Crippen LogP contribution in [-0.4, -0.2) is 119 Å². The minimum absolute atomic E-state index is 0.0589. The van der Waals surface area contributed by atoms with E-state index in [4.69, 9.17) is 10.5 Å². The number of piperazine rings is 1. The molecule has 4 N–H and O–H groups in total. The lowest BCUT2D eigenvalue weighted by atomic mass is 9.75. The number of nitrogens with two attached hydrogens (primary N) is 1. The van der Waals surface area contributed by atoms with E-state index in [0.29, 0.717) is 18.7 Å². The Balaban J connectivity index is 1.04. The first-order valence-corrected chi connectivity index (χ1v) is 17.4. The van der Waals surface area contributed by atoms with Crippen LogP contribution in [0.3, 0.4) is 0 Å². The molecule has 49 heavy (non-hydrogen) atoms. The number of aliphatic hydroxyl groups is 1. The number of aryl methyl sites for hydroxylation is 1. The molecule has 11 nitrogen and oxygen atoms in total. The highest BCUT2D eigenvalue weighted by Gasteiger charge is 2.35. The Bertz CT molecular complexity index is 1670. The van der Waals surface area contributed by atoms with Gasteiger partial charge in [-0.2, -0.15) is 5.10 Å². The molecular formula is C38H52N8O3. The van der Waals surface area contributed by atoms with Crippen molar-refractivity contribution in [3.63, 3.8) is 0 Å². The Hall–Kier alpha value is -3.87. The van der Waals surface area contributed by atoms with Crippen molar-refractivity contribution in [3.8, 4) is 11.1 Å². The number of aromatic nitrogens is 3. The summed E-state index contributed by atoms with van der Waals surface area (Å²) < 4.78 is 8.15. The highest BCUT2D eigenvalue weighted by atomic mass is 16.5. The summed E-state index contributed by atoms with van der Waals surface area (Å²) in [5, 5.41) is 16.7. The SMILES string of the molecule is CN1C[C@H](NC(=O)c2cc(-c3cnn(C)c3)cnc2N)[C@@H](OCC2=CCC(C)(c3ccc(C(C)(C)N4CCN(CCO)CC4)cc3)C=C2)C1. The van der Waals surface area contributed by atoms with Gasteiger partial charge in [0, 0.05) is 87.3 Å². The minimum atomic E-state index is -0.257. The van der Waals surface area contributed by atoms with Crippen LogP contribution in [-0.2, 0) is 22.7 Å². The number of anilines is 1. The van der Waals surface area contributed by atoms with Crippen LogP contribution >= 0.6 is 0 Å². The monoisotopic (exact) mass is 668 g/mol. The van der Waals surface area contributed by atoms with Crippen molar-refractivity contribution in [2.45, 2.75) is 50.3 Å². The highest BCUT2D eigenvalue weighted by Crippen LogP contribution is 2.36. The molecule has 2 aromatic heterocycles. The van der Waals surface area contributed by atoms with Crippen molar-refractivity contribution >= 4 is 11.7 Å². The van der Waals surface area contributed by atoms with Crippen LogP contribution in [0.25, 0.3) is 11.1 Å². The molecule has 0 spiro atoms. The van der Waals surface area contributed by atoms with Gasteiger partial charge in [0.15, 0.2) is 0 Å². The third-order valence-electron chi connectivity index (χ3n) is 10.7. The summed E-state index contributed by atoms with van der Waals surface area (Å²) in [6.07, 6.45) is 12.8. The first kappa shape index (κ1) is 35.0. The number of nitrogens with zero attached hydrogens (tertiary/aromatic N) is 6. The summed E-state index contributed by atoms with van der Waals surface area (Å²) in [4.78, 5) is 24.7. The number of carbonyl (C=O) groups is 1. The number of rotatable bonds is 11. The van der Waals surface area contributed by atoms with Gasteiger partial charge in [-0.15, -0.1) is 0 Å². The van der Waals surface area contributed by atoms with Crippen molar-refractivity contribution in [2.24, 2.45) is 7.05 Å². The third kappa shape index (κ3) is 7.81. The third-order valence-corrected chi connectivity index (χ3v) is 10.7. The van der Waals surface area contributed by atoms with Gasteiger partial charge in [0.2, 0.25) is 0 Å². The zero-order chi connectivity index (χ0) is 34.8. The highest BCUT2D eigenvalue weighted by molar-refractivity contribution is 5.99. The lowest BCUT2D eigenvalue weighted by Crippen LogP contribution is -2.53. The van der Waals surface area contributed by atoms with Crippen LogP contribution in [0.5, 0.6) is 0 Å². The van der Waals surface area contributed by atoms with E-state index >= 15 is 0 Å². The Labute approximate surface area is 290 Å². The number of carbonyl (C=O) groups excluding carboxylic acids is 1. The van der Waals surface area contributed by atoms with E-state index in [1.807, 2.05) is 20.3 Å². The topological polar surface area (TPSA) is 125 Å². The molecule has 2 aliphatic heterocycles. The van der Waals surface area contributed by atoms with Crippen molar-refractivity contribution in [3.05, 3.63) is 89.4 Å². The molecule has 3 atom stereocenters. The molecule has 1 unspecified atom stereocenters. The van der Waals surface area contributed by atoms with Gasteiger partial charge in [-0.05, 0) is 50.1 Å². The number of allylic oxidation sites excluding steroid dienone is 2. The fourth-order valence-electron chi connectivity index (χ4n) is 7.31. The summed E-state index contributed by atoms with van der Waals surface area (Å²) in [6, 6.07) is 10.8. The standard InChI is InChI=1S/C38H52N8O3/c1-37(2,46-16-14-45(15-17-46)18-19-47)30-6-8-31(9-7-30)38(3)12-10-27(11-13-38)26-49-34-25-43(4)24-33(34)42-36(48)32-20-28(21-40-35(32)39)29-22-41-44(5)23-29/h6-12,20-23,33-34,47H,13-19,24-26H2,1-5H3,(H2,39,40)(H,42,48)/t33-,34-,38?/m0/s1. The van der Waals surface area contributed by atoms with Gasteiger partial charge in [0.25, 0.3) is 5.91 Å². The van der Waals surface area contributed by atoms with E-state index < -0.39 is 0 Å². The molecule has 1 amide bonds. The number of aliphatic hydroxyl groups excluding tert-OH is 1. The number of nitrogen functional groups attached to an aromatic ring is 1. The van der Waals surface area contributed by atoms with Gasteiger partial charge in [0.05, 0.1) is 37.1 Å². The summed E-state index contributed by atoms with van der Waals surface area (Å²) in [6.45, 7) is 13.8. The van der Waals surface area contributed by atoms with E-state index in [9.17, 15) is 9.90 Å². The summed E-state index contributed by atoms with van der Waals surface area (Å²) in [7, 11) is 3.89. The Morgan fingerprint density at radius 1 is 1.10 bits per heavy atom. The second-order valence-corrected chi connectivity index (χ2v) is 14.6. The fraction of sp³-hybridized carbons (Fsp3) is 0.500. The Morgan fingerprint density at radius 3 is 2.51 bits per heavy atom. The molecule has 4 heterocycles. The molecule has 0 saturated carbocycles. The zero-order valence-electron chi connectivity index (χ0n) is 29.6. The van der Waals surface area contributed by atoms with Gasteiger partial charge in [0.1, 0.15) is 5.82 Å². The van der Waals surface area contributed by atoms with Crippen LogP contribution < -0.4 is 11.1 Å². The van der Waals surface area contributed by atoms with E-state index in [0.717, 1.165) is 62.4 Å². The van der Waals surface area contributed by atoms with Crippen LogP contribution in [0.4, 0.5) is 5.82 Å². The number of benzene rings is 1. The Morgan fingerprint density at radius 2 is 1.86 bits per heavy atom. The number of ether oxygens (including phenoxy) is 1. The first-order valence-electron chi connectivity index (χ1n) is 17.4. The molecular weight excluding hydrogens is 616 g/mol. The van der Waals surface area contributed by atoms with Crippen molar-refractivity contribution in [2.75, 3.05) is 71.8 Å². The molecule has 3 aromatic rings. The molecule has 1 aromatic carbocycles. The van der Waals surface area contributed by atoms with Gasteiger partial charge in [-0.3, -0.25) is 19.3 Å². The largest absolute Gasteiger partial charge is 0.395 e. The molecule has 6 rings (SSSR count). The fourth-order valence-corrected chi connectivity index (χ4v) is 7.31. The zero-order valence-corrected chi connectivity index (χ0v) is 29.6. The minimum Gasteiger partial charge on any atom is -0.395 e. The lowest BCUT2D eigenvalue weighted by Gasteiger charge is -2.44. The van der Waals surface area contributed by atoms with E-state index in [-0.39, 0.29) is 41.4 Å². The average molecular weight is 669 g/mol. The van der Waals surface area contributed by atoms with Crippen LogP contribution in [0.2, 0.25) is 0 Å². The quantitative estimate of drug-likeness (QED) is 0.283. The number of hydrogen-bond acceptors (Lipinski definition) is 9. The van der Waals surface area contributed by atoms with E-state index in [2.05, 4.69) is 93.4 Å². The van der Waals surface area contributed by atoms with Crippen LogP contribution in [0.15, 0.2) is 72.7 Å². The van der Waals surface area contributed by atoms with Gasteiger partial charge in [-0.25, -0.2) is 4.98 Å². The number of likely N-dealkylation sites (N-methyl/N-ethyl adjacent to an activating group) is 1. The summed E-state index contributed by atoms with van der Waals surface area (Å²) >= 11 is 0. The van der Waals surface area contributed by atoms with Gasteiger partial charge in [-0.1, -0.05) is 49.4 Å². The first-order chi connectivity index (χ1) is 23.4. The van der Waals surface area contributed by atoms with Crippen molar-refractivity contribution in [1.82, 2.24) is 34.8 Å². The molecule has 3 aliphatic rings. The van der Waals surface area contributed by atoms with E-state index in [1.54, 1.807) is 23.1 Å². The molecule has 2 fully saturated rings. The maximum absolute atomic E-state index is 13.4. The second-order valence-electron chi connectivity index (χ2n) is 14.6. The lowest BCUT2D eigenvalue weighted by molar-refractivity contribution is 0.0439. The van der Waals surface area contributed by atoms with Crippen molar-refractivity contribution < 1.29 is 14.6 Å². The molecule has 2 saturated heterocycles. The molecule has 0 bridgehead atoms. The number of hydrogen-bond donors (Lipinski definition) is 3. The average Bonchev–Trinajstić information content (AvgIpc) is 3.69. The second kappa shape index (κ2) is 14.5. The van der Waals surface area contributed by atoms with Gasteiger partial charge >= 0.3 is 0 Å². The maximum atomic E-state index is 13.4.